The molecule has 0 radical (unpaired) electrons. The van der Waals surface area contributed by atoms with Crippen LogP contribution in [0.2, 0.25) is 0 Å². The zero-order chi connectivity index (χ0) is 14.1. The van der Waals surface area contributed by atoms with Crippen LogP contribution in [-0.4, -0.2) is 17.6 Å². The third-order valence-electron chi connectivity index (χ3n) is 3.52. The van der Waals surface area contributed by atoms with Crippen molar-refractivity contribution in [2.75, 3.05) is 11.4 Å². The molecule has 2 aromatic carbocycles. The van der Waals surface area contributed by atoms with Gasteiger partial charge in [-0.25, -0.2) is 0 Å². The minimum Gasteiger partial charge on any atom is -0.409 e. The van der Waals surface area contributed by atoms with Crippen LogP contribution in [0.5, 0.6) is 0 Å². The van der Waals surface area contributed by atoms with Crippen LogP contribution in [0.4, 0.5) is 11.4 Å². The number of fused-ring (bicyclic) bond motifs is 1. The lowest BCUT2D eigenvalue weighted by Crippen LogP contribution is -2.21. The molecule has 0 saturated carbocycles. The molecule has 5 heteroatoms. The predicted molar refractivity (Wildman–Crippen MR) is 83.8 cm³/mol. The van der Waals surface area contributed by atoms with Crippen LogP contribution in [0.25, 0.3) is 0 Å². The summed E-state index contributed by atoms with van der Waals surface area (Å²) in [4.78, 5) is 2.20. The van der Waals surface area contributed by atoms with Crippen LogP contribution in [0.15, 0.2) is 52.1 Å². The number of hydrogen-bond donors (Lipinski definition) is 2. The van der Waals surface area contributed by atoms with Gasteiger partial charge >= 0.3 is 0 Å². The Bertz CT molecular complexity index is 685. The normalized spacial score (nSPS) is 14.4. The molecule has 0 unspecified atom stereocenters. The quantitative estimate of drug-likeness (QED) is 0.384. The molecular weight excluding hydrogens is 318 g/mol. The Morgan fingerprint density at radius 1 is 1.20 bits per heavy atom. The molecule has 20 heavy (non-hydrogen) atoms. The van der Waals surface area contributed by atoms with Gasteiger partial charge in [-0.15, -0.1) is 0 Å². The van der Waals surface area contributed by atoms with Crippen molar-refractivity contribution in [1.82, 2.24) is 0 Å². The molecule has 1 aliphatic heterocycles. The number of rotatable bonds is 2. The van der Waals surface area contributed by atoms with Gasteiger partial charge in [0.05, 0.1) is 5.69 Å². The van der Waals surface area contributed by atoms with Gasteiger partial charge in [0.25, 0.3) is 0 Å². The molecule has 0 spiro atoms. The maximum absolute atomic E-state index is 8.97. The summed E-state index contributed by atoms with van der Waals surface area (Å²) in [6.45, 7) is 0.896. The van der Waals surface area contributed by atoms with Crippen molar-refractivity contribution < 1.29 is 5.21 Å². The number of oxime groups is 1. The summed E-state index contributed by atoms with van der Waals surface area (Å²) in [5, 5.41) is 12.1. The molecule has 2 aromatic rings. The Morgan fingerprint density at radius 2 is 2.00 bits per heavy atom. The molecule has 1 aliphatic rings. The van der Waals surface area contributed by atoms with Gasteiger partial charge in [-0.3, -0.25) is 0 Å². The zero-order valence-electron chi connectivity index (χ0n) is 10.8. The van der Waals surface area contributed by atoms with Gasteiger partial charge in [-0.2, -0.15) is 0 Å². The number of hydrogen-bond acceptors (Lipinski definition) is 3. The van der Waals surface area contributed by atoms with Gasteiger partial charge in [0.15, 0.2) is 5.84 Å². The largest absolute Gasteiger partial charge is 0.409 e. The first-order chi connectivity index (χ1) is 9.70. The first-order valence-corrected chi connectivity index (χ1v) is 7.13. The number of nitrogens with zero attached hydrogens (tertiary/aromatic N) is 2. The SMILES string of the molecule is N/C(=N/O)c1cc(Br)ccc1N1CCc2ccccc21. The number of amidine groups is 1. The van der Waals surface area contributed by atoms with Crippen LogP contribution in [0, 0.1) is 0 Å². The first kappa shape index (κ1) is 13.0. The standard InChI is InChI=1S/C15H14BrN3O/c16-11-5-6-14(12(9-11)15(17)18-20)19-8-7-10-3-1-2-4-13(10)19/h1-6,9,20H,7-8H2,(H2,17,18). The predicted octanol–water partition coefficient (Wildman–Crippen LogP) is 3.24. The molecule has 3 rings (SSSR count). The molecular formula is C15H14BrN3O. The van der Waals surface area contributed by atoms with Gasteiger partial charge in [0.1, 0.15) is 0 Å². The van der Waals surface area contributed by atoms with Crippen LogP contribution in [0.3, 0.4) is 0 Å². The number of para-hydroxylation sites is 1. The molecule has 0 atom stereocenters. The van der Waals surface area contributed by atoms with E-state index in [0.29, 0.717) is 0 Å². The van der Waals surface area contributed by atoms with E-state index >= 15 is 0 Å². The van der Waals surface area contributed by atoms with Crippen molar-refractivity contribution in [3.8, 4) is 0 Å². The fourth-order valence-corrected chi connectivity index (χ4v) is 2.95. The Hall–Kier alpha value is -2.01. The van der Waals surface area contributed by atoms with Gasteiger partial charge in [0.2, 0.25) is 0 Å². The Kier molecular flexibility index (Phi) is 3.36. The molecule has 0 aliphatic carbocycles. The number of nitrogens with two attached hydrogens (primary N) is 1. The van der Waals surface area contributed by atoms with Gasteiger partial charge in [-0.05, 0) is 36.2 Å². The van der Waals surface area contributed by atoms with Crippen molar-refractivity contribution in [3.63, 3.8) is 0 Å². The van der Waals surface area contributed by atoms with E-state index < -0.39 is 0 Å². The third kappa shape index (κ3) is 2.14. The molecule has 0 fully saturated rings. The zero-order valence-corrected chi connectivity index (χ0v) is 12.3. The highest BCUT2D eigenvalue weighted by Crippen LogP contribution is 2.36. The maximum Gasteiger partial charge on any atom is 0.172 e. The lowest BCUT2D eigenvalue weighted by Gasteiger charge is -2.22. The summed E-state index contributed by atoms with van der Waals surface area (Å²) in [5.41, 5.74) is 9.98. The van der Waals surface area contributed by atoms with Crippen molar-refractivity contribution >= 4 is 33.1 Å². The summed E-state index contributed by atoms with van der Waals surface area (Å²) in [5.74, 6) is 0.116. The lowest BCUT2D eigenvalue weighted by molar-refractivity contribution is 0.318. The Morgan fingerprint density at radius 3 is 2.80 bits per heavy atom. The molecule has 4 nitrogen and oxygen atoms in total. The van der Waals surface area contributed by atoms with Crippen molar-refractivity contribution in [3.05, 3.63) is 58.1 Å². The number of halogens is 1. The Balaban J connectivity index is 2.12. The minimum atomic E-state index is 0.116. The summed E-state index contributed by atoms with van der Waals surface area (Å²) in [7, 11) is 0. The first-order valence-electron chi connectivity index (χ1n) is 6.33. The second-order valence-electron chi connectivity index (χ2n) is 4.68. The maximum atomic E-state index is 8.97. The Labute approximate surface area is 125 Å². The van der Waals surface area contributed by atoms with Crippen molar-refractivity contribution in [2.45, 2.75) is 6.42 Å². The van der Waals surface area contributed by atoms with E-state index in [-0.39, 0.29) is 5.84 Å². The highest BCUT2D eigenvalue weighted by molar-refractivity contribution is 9.10. The van der Waals surface area contributed by atoms with E-state index in [9.17, 15) is 0 Å². The van der Waals surface area contributed by atoms with Crippen LogP contribution < -0.4 is 10.6 Å². The number of anilines is 2. The molecule has 0 aromatic heterocycles. The highest BCUT2D eigenvalue weighted by Gasteiger charge is 2.23. The van der Waals surface area contributed by atoms with E-state index in [2.05, 4.69) is 38.1 Å². The van der Waals surface area contributed by atoms with Crippen molar-refractivity contribution in [2.24, 2.45) is 10.9 Å². The summed E-state index contributed by atoms with van der Waals surface area (Å²) >= 11 is 3.42. The molecule has 1 heterocycles. The second kappa shape index (κ2) is 5.17. The average molecular weight is 332 g/mol. The van der Waals surface area contributed by atoms with E-state index in [1.807, 2.05) is 30.3 Å². The van der Waals surface area contributed by atoms with Gasteiger partial charge < -0.3 is 15.8 Å². The lowest BCUT2D eigenvalue weighted by atomic mass is 10.1. The van der Waals surface area contributed by atoms with E-state index in [4.69, 9.17) is 10.9 Å². The number of benzene rings is 2. The summed E-state index contributed by atoms with van der Waals surface area (Å²) in [6, 6.07) is 14.1. The fraction of sp³-hybridized carbons (Fsp3) is 0.133. The molecule has 0 saturated heterocycles. The monoisotopic (exact) mass is 331 g/mol. The van der Waals surface area contributed by atoms with Crippen LogP contribution in [-0.2, 0) is 6.42 Å². The van der Waals surface area contributed by atoms with Gasteiger partial charge in [-0.1, -0.05) is 39.3 Å². The topological polar surface area (TPSA) is 61.9 Å². The van der Waals surface area contributed by atoms with Crippen LogP contribution >= 0.6 is 15.9 Å². The van der Waals surface area contributed by atoms with Crippen LogP contribution in [0.1, 0.15) is 11.1 Å². The average Bonchev–Trinajstić information content (AvgIpc) is 2.90. The summed E-state index contributed by atoms with van der Waals surface area (Å²) < 4.78 is 0.898. The van der Waals surface area contributed by atoms with E-state index in [0.717, 1.165) is 28.7 Å². The van der Waals surface area contributed by atoms with Crippen molar-refractivity contribution in [1.29, 1.82) is 0 Å². The van der Waals surface area contributed by atoms with E-state index in [1.54, 1.807) is 0 Å². The molecule has 0 bridgehead atoms. The smallest absolute Gasteiger partial charge is 0.172 e. The third-order valence-corrected chi connectivity index (χ3v) is 4.01. The minimum absolute atomic E-state index is 0.116. The summed E-state index contributed by atoms with van der Waals surface area (Å²) in [6.07, 6.45) is 1.00. The highest BCUT2D eigenvalue weighted by atomic mass is 79.9. The van der Waals surface area contributed by atoms with Gasteiger partial charge in [0, 0.05) is 22.3 Å². The molecule has 0 amide bonds. The second-order valence-corrected chi connectivity index (χ2v) is 5.59. The molecule has 3 N–H and O–H groups in total. The van der Waals surface area contributed by atoms with E-state index in [1.165, 1.54) is 11.3 Å². The molecule has 102 valence electrons. The fourth-order valence-electron chi connectivity index (χ4n) is 2.59.